The van der Waals surface area contributed by atoms with Gasteiger partial charge in [-0.15, -0.1) is 6.58 Å². The van der Waals surface area contributed by atoms with E-state index in [-0.39, 0.29) is 0 Å². The Morgan fingerprint density at radius 2 is 1.87 bits per heavy atom. The molecule has 0 amide bonds. The second-order valence-electron chi connectivity index (χ2n) is 8.86. The average Bonchev–Trinajstić information content (AvgIpc) is 2.96. The quantitative estimate of drug-likeness (QED) is 0.103. The molecular formula is C35H47O2P. The van der Waals surface area contributed by atoms with Crippen LogP contribution in [0.15, 0.2) is 121 Å². The van der Waals surface area contributed by atoms with E-state index in [1.54, 1.807) is 0 Å². The zero-order chi connectivity index (χ0) is 28.2. The maximum Gasteiger partial charge on any atom is 0.126 e. The van der Waals surface area contributed by atoms with Gasteiger partial charge in [0.15, 0.2) is 0 Å². The van der Waals surface area contributed by atoms with Gasteiger partial charge in [-0.05, 0) is 53.7 Å². The molecule has 0 saturated heterocycles. The number of aliphatic hydroxyl groups excluding tert-OH is 1. The second-order valence-corrected chi connectivity index (χ2v) is 9.77. The SMILES string of the molecule is C=C/C(=C\CC)C(C)C.C=CCPOc1ccc2ccccc2c1CC/C(O)=C\C=C1\C=CC=CC1.CC. The first-order valence-corrected chi connectivity index (χ1v) is 14.9. The van der Waals surface area contributed by atoms with Crippen LogP contribution in [0.2, 0.25) is 0 Å². The van der Waals surface area contributed by atoms with Crippen molar-refractivity contribution in [1.82, 2.24) is 0 Å². The number of rotatable bonds is 11. The van der Waals surface area contributed by atoms with Crippen LogP contribution in [0.4, 0.5) is 0 Å². The van der Waals surface area contributed by atoms with Gasteiger partial charge in [-0.25, -0.2) is 0 Å². The normalized spacial score (nSPS) is 14.3. The topological polar surface area (TPSA) is 29.5 Å². The van der Waals surface area contributed by atoms with Crippen molar-refractivity contribution < 1.29 is 9.63 Å². The number of aliphatic hydroxyl groups is 1. The highest BCUT2D eigenvalue weighted by molar-refractivity contribution is 7.32. The summed E-state index contributed by atoms with van der Waals surface area (Å²) in [5, 5.41) is 12.7. The molecule has 1 N–H and O–H groups in total. The molecule has 2 aromatic rings. The summed E-state index contributed by atoms with van der Waals surface area (Å²) in [6, 6.07) is 12.4. The first kappa shape index (κ1) is 32.9. The molecular weight excluding hydrogens is 483 g/mol. The fraction of sp³-hybridized carbons (Fsp3) is 0.314. The van der Waals surface area contributed by atoms with Gasteiger partial charge in [0.05, 0.1) is 14.6 Å². The van der Waals surface area contributed by atoms with E-state index in [9.17, 15) is 5.11 Å². The van der Waals surface area contributed by atoms with Gasteiger partial charge in [0.25, 0.3) is 0 Å². The van der Waals surface area contributed by atoms with Crippen LogP contribution in [0.5, 0.6) is 5.75 Å². The lowest BCUT2D eigenvalue weighted by Crippen LogP contribution is -1.95. The standard InChI is InChI=1S/C24H25O2P.C9H16.C2H6/c1-2-18-27-26-24-17-13-20-10-6-7-11-22(20)23(24)16-15-21(25)14-12-19-8-4-3-5-9-19;1-5-7-9(6-2)8(3)4;1-2/h2-8,10-14,17,25,27H,1,9,15-16,18H2;6-8H,2,5H2,1,3-4H3;1-2H3/b19-12-,21-14+;9-7+;. The lowest BCUT2D eigenvalue weighted by molar-refractivity contribution is 0.388. The van der Waals surface area contributed by atoms with Crippen LogP contribution >= 0.6 is 8.81 Å². The molecule has 204 valence electrons. The number of allylic oxidation sites excluding steroid dienone is 12. The molecule has 1 aliphatic rings. The van der Waals surface area contributed by atoms with Crippen LogP contribution in [-0.4, -0.2) is 11.3 Å². The highest BCUT2D eigenvalue weighted by atomic mass is 31.1. The Morgan fingerprint density at radius 3 is 2.47 bits per heavy atom. The molecule has 0 aliphatic heterocycles. The molecule has 3 heteroatoms. The Balaban J connectivity index is 0.000000559. The molecule has 1 unspecified atom stereocenters. The van der Waals surface area contributed by atoms with Gasteiger partial charge >= 0.3 is 0 Å². The molecule has 0 fully saturated rings. The lowest BCUT2D eigenvalue weighted by atomic mass is 9.99. The Morgan fingerprint density at radius 1 is 1.11 bits per heavy atom. The first-order chi connectivity index (χ1) is 18.5. The van der Waals surface area contributed by atoms with Gasteiger partial charge in [-0.1, -0.05) is 126 Å². The van der Waals surface area contributed by atoms with E-state index in [1.807, 2.05) is 68.5 Å². The van der Waals surface area contributed by atoms with Gasteiger partial charge in [0.2, 0.25) is 0 Å². The highest BCUT2D eigenvalue weighted by Gasteiger charge is 2.10. The van der Waals surface area contributed by atoms with Crippen LogP contribution in [0.3, 0.4) is 0 Å². The van der Waals surface area contributed by atoms with Crippen molar-refractivity contribution in [2.24, 2.45) is 5.92 Å². The number of fused-ring (bicyclic) bond motifs is 1. The Bertz CT molecular complexity index is 1150. The van der Waals surface area contributed by atoms with E-state index in [0.29, 0.717) is 26.9 Å². The zero-order valence-corrected chi connectivity index (χ0v) is 25.0. The molecule has 1 atom stereocenters. The molecule has 1 aliphatic carbocycles. The predicted molar refractivity (Wildman–Crippen MR) is 173 cm³/mol. The highest BCUT2D eigenvalue weighted by Crippen LogP contribution is 2.33. The third-order valence-corrected chi connectivity index (χ3v) is 6.60. The van der Waals surface area contributed by atoms with Gasteiger partial charge in [-0.3, -0.25) is 0 Å². The van der Waals surface area contributed by atoms with Crippen LogP contribution in [0.25, 0.3) is 10.8 Å². The summed E-state index contributed by atoms with van der Waals surface area (Å²) in [7, 11) is 0.360. The van der Waals surface area contributed by atoms with Crippen LogP contribution in [0, 0.1) is 5.92 Å². The van der Waals surface area contributed by atoms with Gasteiger partial charge in [0.1, 0.15) is 5.75 Å². The molecule has 2 nitrogen and oxygen atoms in total. The Labute approximate surface area is 233 Å². The van der Waals surface area contributed by atoms with Crippen LogP contribution < -0.4 is 4.52 Å². The summed E-state index contributed by atoms with van der Waals surface area (Å²) < 4.78 is 6.00. The third-order valence-electron chi connectivity index (χ3n) is 5.78. The van der Waals surface area contributed by atoms with Gasteiger partial charge in [0, 0.05) is 18.1 Å². The van der Waals surface area contributed by atoms with Crippen molar-refractivity contribution in [3.05, 3.63) is 127 Å². The van der Waals surface area contributed by atoms with Crippen molar-refractivity contribution in [2.75, 3.05) is 6.16 Å². The van der Waals surface area contributed by atoms with E-state index in [2.05, 4.69) is 70.4 Å². The average molecular weight is 531 g/mol. The summed E-state index contributed by atoms with van der Waals surface area (Å²) in [5.41, 5.74) is 3.71. The van der Waals surface area contributed by atoms with Crippen LogP contribution in [0.1, 0.15) is 59.4 Å². The minimum atomic E-state index is 0.360. The largest absolute Gasteiger partial charge is 0.512 e. The summed E-state index contributed by atoms with van der Waals surface area (Å²) in [5.74, 6) is 1.92. The minimum absolute atomic E-state index is 0.360. The Kier molecular flexibility index (Phi) is 17.3. The summed E-state index contributed by atoms with van der Waals surface area (Å²) in [6.07, 6.45) is 22.2. The number of benzene rings is 2. The fourth-order valence-electron chi connectivity index (χ4n) is 3.83. The molecule has 0 radical (unpaired) electrons. The molecule has 0 spiro atoms. The summed E-state index contributed by atoms with van der Waals surface area (Å²) >= 11 is 0. The summed E-state index contributed by atoms with van der Waals surface area (Å²) in [6.45, 7) is 18.0. The Hall–Kier alpha value is -3.09. The van der Waals surface area contributed by atoms with E-state index in [0.717, 1.165) is 36.7 Å². The smallest absolute Gasteiger partial charge is 0.126 e. The van der Waals surface area contributed by atoms with Crippen molar-refractivity contribution in [3.8, 4) is 5.75 Å². The molecule has 0 saturated carbocycles. The predicted octanol–water partition coefficient (Wildman–Crippen LogP) is 11.0. The monoisotopic (exact) mass is 530 g/mol. The van der Waals surface area contributed by atoms with Crippen LogP contribution in [-0.2, 0) is 6.42 Å². The summed E-state index contributed by atoms with van der Waals surface area (Å²) in [4.78, 5) is 0. The molecule has 38 heavy (non-hydrogen) atoms. The van der Waals surface area contributed by atoms with Gasteiger partial charge < -0.3 is 9.63 Å². The van der Waals surface area contributed by atoms with E-state index in [4.69, 9.17) is 4.52 Å². The molecule has 3 rings (SSSR count). The van der Waals surface area contributed by atoms with E-state index >= 15 is 0 Å². The maximum absolute atomic E-state index is 10.3. The maximum atomic E-state index is 10.3. The molecule has 0 aromatic heterocycles. The van der Waals surface area contributed by atoms with E-state index in [1.165, 1.54) is 21.9 Å². The lowest BCUT2D eigenvalue weighted by Gasteiger charge is -2.14. The molecule has 0 bridgehead atoms. The van der Waals surface area contributed by atoms with Gasteiger partial charge in [-0.2, -0.15) is 0 Å². The fourth-order valence-corrected chi connectivity index (χ4v) is 4.38. The third kappa shape index (κ3) is 12.0. The van der Waals surface area contributed by atoms with Crippen molar-refractivity contribution in [1.29, 1.82) is 0 Å². The molecule has 0 heterocycles. The van der Waals surface area contributed by atoms with Crippen molar-refractivity contribution >= 4 is 19.6 Å². The molecule has 2 aromatic carbocycles. The minimum Gasteiger partial charge on any atom is -0.512 e. The van der Waals surface area contributed by atoms with E-state index < -0.39 is 0 Å². The first-order valence-electron chi connectivity index (χ1n) is 13.8. The second kappa shape index (κ2) is 19.9. The number of aryl methyl sites for hydroxylation is 1. The van der Waals surface area contributed by atoms with Crippen molar-refractivity contribution in [3.63, 3.8) is 0 Å². The number of hydrogen-bond donors (Lipinski definition) is 1. The zero-order valence-electron chi connectivity index (χ0n) is 24.0. The van der Waals surface area contributed by atoms with Crippen molar-refractivity contribution in [2.45, 2.75) is 60.3 Å². The number of hydrogen-bond acceptors (Lipinski definition) is 2.